The SMILES string of the molecule is O=C1C(=O)N(CCN2CCOCC2)C(c2cccc3ccccc23)/C1=C(/O)c1ccc2c(c1)OCCO2. The van der Waals surface area contributed by atoms with E-state index in [0.29, 0.717) is 56.6 Å². The van der Waals surface area contributed by atoms with E-state index in [2.05, 4.69) is 4.90 Å². The third-order valence-electron chi connectivity index (χ3n) is 7.23. The maximum absolute atomic E-state index is 13.5. The van der Waals surface area contributed by atoms with Gasteiger partial charge >= 0.3 is 0 Å². The summed E-state index contributed by atoms with van der Waals surface area (Å²) in [5.74, 6) is -0.433. The fourth-order valence-electron chi connectivity index (χ4n) is 5.34. The van der Waals surface area contributed by atoms with Gasteiger partial charge in [0.1, 0.15) is 19.0 Å². The Balaban J connectivity index is 1.46. The van der Waals surface area contributed by atoms with Crippen molar-refractivity contribution < 1.29 is 28.9 Å². The molecule has 3 heterocycles. The van der Waals surface area contributed by atoms with Gasteiger partial charge in [-0.25, -0.2) is 0 Å². The van der Waals surface area contributed by atoms with Crippen molar-refractivity contribution in [3.63, 3.8) is 0 Å². The Morgan fingerprint density at radius 3 is 2.46 bits per heavy atom. The van der Waals surface area contributed by atoms with E-state index in [9.17, 15) is 14.7 Å². The van der Waals surface area contributed by atoms with Crippen LogP contribution in [0.15, 0.2) is 66.2 Å². The summed E-state index contributed by atoms with van der Waals surface area (Å²) in [5, 5.41) is 13.4. The van der Waals surface area contributed by atoms with Crippen LogP contribution in [0.4, 0.5) is 0 Å². The summed E-state index contributed by atoms with van der Waals surface area (Å²) in [5.41, 5.74) is 1.29. The van der Waals surface area contributed by atoms with Crippen molar-refractivity contribution in [1.29, 1.82) is 0 Å². The number of nitrogens with zero attached hydrogens (tertiary/aromatic N) is 2. The minimum atomic E-state index is -0.722. The van der Waals surface area contributed by atoms with Gasteiger partial charge in [0.05, 0.1) is 24.8 Å². The van der Waals surface area contributed by atoms with Crippen LogP contribution in [0, 0.1) is 0 Å². The smallest absolute Gasteiger partial charge is 0.295 e. The van der Waals surface area contributed by atoms with Gasteiger partial charge in [-0.05, 0) is 34.5 Å². The Bertz CT molecular complexity index is 1390. The zero-order valence-corrected chi connectivity index (χ0v) is 20.4. The number of aliphatic hydroxyl groups is 1. The topological polar surface area (TPSA) is 88.5 Å². The lowest BCUT2D eigenvalue weighted by Crippen LogP contribution is -2.42. The number of rotatable bonds is 5. The summed E-state index contributed by atoms with van der Waals surface area (Å²) in [6.07, 6.45) is 0. The fraction of sp³-hybridized carbons (Fsp3) is 0.310. The molecule has 3 aromatic rings. The number of ether oxygens (including phenoxy) is 3. The molecule has 1 amide bonds. The van der Waals surface area contributed by atoms with Crippen molar-refractivity contribution in [1.82, 2.24) is 9.80 Å². The highest BCUT2D eigenvalue weighted by Gasteiger charge is 2.46. The van der Waals surface area contributed by atoms with Gasteiger partial charge in [0.25, 0.3) is 11.7 Å². The molecule has 0 saturated carbocycles. The van der Waals surface area contributed by atoms with Gasteiger partial charge in [0.2, 0.25) is 0 Å². The van der Waals surface area contributed by atoms with Gasteiger partial charge in [0.15, 0.2) is 11.5 Å². The van der Waals surface area contributed by atoms with Crippen LogP contribution in [-0.4, -0.2) is 79.2 Å². The Morgan fingerprint density at radius 2 is 1.62 bits per heavy atom. The van der Waals surface area contributed by atoms with Crippen LogP contribution in [0.1, 0.15) is 17.2 Å². The zero-order chi connectivity index (χ0) is 25.4. The number of Topliss-reactive ketones (excluding diaryl/α,β-unsaturated/α-hetero) is 1. The quantitative estimate of drug-likeness (QED) is 0.327. The van der Waals surface area contributed by atoms with Crippen LogP contribution < -0.4 is 9.47 Å². The van der Waals surface area contributed by atoms with Crippen molar-refractivity contribution in [3.05, 3.63) is 77.4 Å². The number of aliphatic hydroxyl groups excluding tert-OH is 1. The Kier molecular flexibility index (Phi) is 6.28. The number of benzene rings is 3. The highest BCUT2D eigenvalue weighted by Crippen LogP contribution is 2.43. The first-order valence-electron chi connectivity index (χ1n) is 12.6. The van der Waals surface area contributed by atoms with Gasteiger partial charge < -0.3 is 24.2 Å². The van der Waals surface area contributed by atoms with Gasteiger partial charge in [0, 0.05) is 31.7 Å². The maximum Gasteiger partial charge on any atom is 0.295 e. The second kappa shape index (κ2) is 9.88. The summed E-state index contributed by atoms with van der Waals surface area (Å²) >= 11 is 0. The highest BCUT2D eigenvalue weighted by molar-refractivity contribution is 6.46. The van der Waals surface area contributed by atoms with Crippen LogP contribution in [0.5, 0.6) is 11.5 Å². The van der Waals surface area contributed by atoms with E-state index in [0.717, 1.165) is 29.4 Å². The Labute approximate surface area is 214 Å². The predicted molar refractivity (Wildman–Crippen MR) is 138 cm³/mol. The normalized spacial score (nSPS) is 21.5. The van der Waals surface area contributed by atoms with E-state index < -0.39 is 17.7 Å². The molecular formula is C29H28N2O6. The Hall–Kier alpha value is -3.88. The molecule has 0 radical (unpaired) electrons. The average molecular weight is 501 g/mol. The monoisotopic (exact) mass is 500 g/mol. The largest absolute Gasteiger partial charge is 0.507 e. The van der Waals surface area contributed by atoms with E-state index in [1.165, 1.54) is 0 Å². The molecule has 3 aliphatic rings. The summed E-state index contributed by atoms with van der Waals surface area (Å²) in [6.45, 7) is 4.68. The molecule has 8 nitrogen and oxygen atoms in total. The number of likely N-dealkylation sites (tertiary alicyclic amines) is 1. The standard InChI is InChI=1S/C29H28N2O6/c32-27(20-8-9-23-24(18-20)37-17-16-36-23)25-26(22-7-3-5-19-4-1-2-6-21(19)22)31(29(34)28(25)33)11-10-30-12-14-35-15-13-30/h1-9,18,26,32H,10-17H2/b27-25-. The number of carbonyl (C=O) groups is 2. The number of hydrogen-bond acceptors (Lipinski definition) is 7. The van der Waals surface area contributed by atoms with E-state index in [4.69, 9.17) is 14.2 Å². The van der Waals surface area contributed by atoms with Crippen molar-refractivity contribution in [3.8, 4) is 11.5 Å². The van der Waals surface area contributed by atoms with Crippen LogP contribution in [0.3, 0.4) is 0 Å². The molecule has 2 saturated heterocycles. The minimum absolute atomic E-state index is 0.0833. The molecule has 1 unspecified atom stereocenters. The molecule has 0 aliphatic carbocycles. The molecule has 1 N–H and O–H groups in total. The third-order valence-corrected chi connectivity index (χ3v) is 7.23. The average Bonchev–Trinajstić information content (AvgIpc) is 3.20. The lowest BCUT2D eigenvalue weighted by Gasteiger charge is -2.31. The lowest BCUT2D eigenvalue weighted by atomic mass is 9.91. The number of hydrogen-bond donors (Lipinski definition) is 1. The van der Waals surface area contributed by atoms with Crippen molar-refractivity contribution in [2.75, 3.05) is 52.6 Å². The van der Waals surface area contributed by atoms with E-state index in [1.54, 1.807) is 23.1 Å². The summed E-state index contributed by atoms with van der Waals surface area (Å²) in [4.78, 5) is 30.7. The number of carbonyl (C=O) groups excluding carboxylic acids is 2. The number of amides is 1. The maximum atomic E-state index is 13.5. The molecular weight excluding hydrogens is 472 g/mol. The molecule has 0 bridgehead atoms. The number of morpholine rings is 1. The van der Waals surface area contributed by atoms with Crippen LogP contribution >= 0.6 is 0 Å². The molecule has 6 rings (SSSR count). The van der Waals surface area contributed by atoms with Crippen LogP contribution in [0.2, 0.25) is 0 Å². The van der Waals surface area contributed by atoms with E-state index in [-0.39, 0.29) is 11.3 Å². The molecule has 190 valence electrons. The molecule has 3 aromatic carbocycles. The van der Waals surface area contributed by atoms with E-state index >= 15 is 0 Å². The Morgan fingerprint density at radius 1 is 0.865 bits per heavy atom. The number of ketones is 1. The minimum Gasteiger partial charge on any atom is -0.507 e. The van der Waals surface area contributed by atoms with E-state index in [1.807, 2.05) is 42.5 Å². The second-order valence-corrected chi connectivity index (χ2v) is 9.37. The first kappa shape index (κ1) is 23.5. The number of fused-ring (bicyclic) bond motifs is 2. The second-order valence-electron chi connectivity index (χ2n) is 9.37. The first-order valence-corrected chi connectivity index (χ1v) is 12.6. The molecule has 3 aliphatic heterocycles. The molecule has 0 aromatic heterocycles. The van der Waals surface area contributed by atoms with Gasteiger partial charge in [-0.15, -0.1) is 0 Å². The molecule has 1 atom stereocenters. The van der Waals surface area contributed by atoms with Crippen molar-refractivity contribution in [2.24, 2.45) is 0 Å². The predicted octanol–water partition coefficient (Wildman–Crippen LogP) is 3.36. The van der Waals surface area contributed by atoms with Gasteiger partial charge in [-0.3, -0.25) is 14.5 Å². The van der Waals surface area contributed by atoms with Gasteiger partial charge in [-0.2, -0.15) is 0 Å². The van der Waals surface area contributed by atoms with Gasteiger partial charge in [-0.1, -0.05) is 42.5 Å². The molecule has 2 fully saturated rings. The zero-order valence-electron chi connectivity index (χ0n) is 20.4. The molecule has 8 heteroatoms. The molecule has 0 spiro atoms. The first-order chi connectivity index (χ1) is 18.1. The highest BCUT2D eigenvalue weighted by atomic mass is 16.6. The van der Waals surface area contributed by atoms with Crippen LogP contribution in [-0.2, 0) is 14.3 Å². The van der Waals surface area contributed by atoms with Crippen molar-refractivity contribution >= 4 is 28.2 Å². The fourth-order valence-corrected chi connectivity index (χ4v) is 5.34. The summed E-state index contributed by atoms with van der Waals surface area (Å²) in [6, 6.07) is 18.1. The summed E-state index contributed by atoms with van der Waals surface area (Å²) < 4.78 is 16.7. The van der Waals surface area contributed by atoms with Crippen LogP contribution in [0.25, 0.3) is 16.5 Å². The molecule has 37 heavy (non-hydrogen) atoms. The van der Waals surface area contributed by atoms with Crippen molar-refractivity contribution in [2.45, 2.75) is 6.04 Å². The summed E-state index contributed by atoms with van der Waals surface area (Å²) in [7, 11) is 0. The lowest BCUT2D eigenvalue weighted by molar-refractivity contribution is -0.140. The third kappa shape index (κ3) is 4.32.